The lowest BCUT2D eigenvalue weighted by Crippen LogP contribution is -2.29. The van der Waals surface area contributed by atoms with Crippen molar-refractivity contribution in [1.29, 1.82) is 0 Å². The Morgan fingerprint density at radius 2 is 1.94 bits per heavy atom. The first-order valence-corrected chi connectivity index (χ1v) is 11.5. The second-order valence-electron chi connectivity index (χ2n) is 7.96. The molecule has 0 amide bonds. The van der Waals surface area contributed by atoms with Crippen LogP contribution in [-0.2, 0) is 9.53 Å². The highest BCUT2D eigenvalue weighted by atomic mass is 16.5. The van der Waals surface area contributed by atoms with E-state index in [-0.39, 0.29) is 12.0 Å². The number of ether oxygens (including phenoxy) is 2. The standard InChI is InChI=1S/C26H31N3O3/c1-4-7-16-32-19-13-10-12-18(17-19)24-23(25(30)31-6-3)21(11-5-2)28-26-27-20-14-8-9-15-22(20)29(24)26/h8-10,12-15,17,24H,4-7,11,16H2,1-3H3,(H,27,28)/t24-/m0/s1. The molecule has 1 aliphatic rings. The van der Waals surface area contributed by atoms with Gasteiger partial charge in [-0.15, -0.1) is 0 Å². The van der Waals surface area contributed by atoms with Crippen LogP contribution in [0.15, 0.2) is 59.8 Å². The number of para-hydroxylation sites is 2. The van der Waals surface area contributed by atoms with Crippen molar-refractivity contribution in [2.45, 2.75) is 52.5 Å². The molecule has 4 rings (SSSR count). The minimum Gasteiger partial charge on any atom is -0.494 e. The summed E-state index contributed by atoms with van der Waals surface area (Å²) in [4.78, 5) is 18.1. The molecule has 6 heteroatoms. The molecule has 0 fully saturated rings. The number of unbranched alkanes of at least 4 members (excludes halogenated alkanes) is 1. The third-order valence-electron chi connectivity index (χ3n) is 5.65. The maximum absolute atomic E-state index is 13.2. The van der Waals surface area contributed by atoms with E-state index in [1.165, 1.54) is 0 Å². The second kappa shape index (κ2) is 9.90. The van der Waals surface area contributed by atoms with E-state index in [1.54, 1.807) is 0 Å². The Labute approximate surface area is 189 Å². The monoisotopic (exact) mass is 433 g/mol. The number of hydrogen-bond acceptors (Lipinski definition) is 5. The zero-order chi connectivity index (χ0) is 22.5. The summed E-state index contributed by atoms with van der Waals surface area (Å²) in [6.45, 7) is 7.08. The summed E-state index contributed by atoms with van der Waals surface area (Å²) in [6, 6.07) is 15.7. The van der Waals surface area contributed by atoms with Crippen molar-refractivity contribution in [3.63, 3.8) is 0 Å². The van der Waals surface area contributed by atoms with Gasteiger partial charge in [0.1, 0.15) is 5.75 Å². The lowest BCUT2D eigenvalue weighted by Gasteiger charge is -2.31. The summed E-state index contributed by atoms with van der Waals surface area (Å²) in [5.41, 5.74) is 4.33. The van der Waals surface area contributed by atoms with Gasteiger partial charge in [0.05, 0.1) is 35.9 Å². The number of carbonyl (C=O) groups excluding carboxylic acids is 1. The molecule has 0 unspecified atom stereocenters. The van der Waals surface area contributed by atoms with Gasteiger partial charge in [0.25, 0.3) is 0 Å². The molecule has 1 N–H and O–H groups in total. The molecule has 168 valence electrons. The summed E-state index contributed by atoms with van der Waals surface area (Å²) >= 11 is 0. The maximum atomic E-state index is 13.2. The van der Waals surface area contributed by atoms with Crippen molar-refractivity contribution in [3.8, 4) is 5.75 Å². The van der Waals surface area contributed by atoms with Crippen molar-refractivity contribution in [2.24, 2.45) is 0 Å². The van der Waals surface area contributed by atoms with Crippen LogP contribution < -0.4 is 10.1 Å². The topological polar surface area (TPSA) is 65.4 Å². The molecule has 0 radical (unpaired) electrons. The lowest BCUT2D eigenvalue weighted by molar-refractivity contribution is -0.139. The highest BCUT2D eigenvalue weighted by Gasteiger charge is 2.36. The predicted octanol–water partition coefficient (Wildman–Crippen LogP) is 5.85. The van der Waals surface area contributed by atoms with Crippen molar-refractivity contribution >= 4 is 23.0 Å². The van der Waals surface area contributed by atoms with Crippen molar-refractivity contribution in [3.05, 3.63) is 65.4 Å². The Kier molecular flexibility index (Phi) is 6.78. The number of nitrogens with zero attached hydrogens (tertiary/aromatic N) is 2. The van der Waals surface area contributed by atoms with Gasteiger partial charge in [-0.25, -0.2) is 9.78 Å². The quantitative estimate of drug-likeness (QED) is 0.339. The fourth-order valence-electron chi connectivity index (χ4n) is 4.21. The Balaban J connectivity index is 1.89. The number of benzene rings is 2. The molecule has 2 aromatic carbocycles. The summed E-state index contributed by atoms with van der Waals surface area (Å²) in [5, 5.41) is 3.43. The van der Waals surface area contributed by atoms with Gasteiger partial charge in [-0.3, -0.25) is 4.57 Å². The van der Waals surface area contributed by atoms with Crippen LogP contribution in [0, 0.1) is 0 Å². The molecule has 0 saturated heterocycles. The van der Waals surface area contributed by atoms with E-state index in [0.29, 0.717) is 18.8 Å². The highest BCUT2D eigenvalue weighted by molar-refractivity contribution is 5.94. The van der Waals surface area contributed by atoms with Gasteiger partial charge >= 0.3 is 5.97 Å². The van der Waals surface area contributed by atoms with E-state index in [4.69, 9.17) is 14.5 Å². The van der Waals surface area contributed by atoms with Crippen LogP contribution in [0.3, 0.4) is 0 Å². The van der Waals surface area contributed by atoms with Crippen LogP contribution in [0.5, 0.6) is 5.75 Å². The Hall–Kier alpha value is -3.28. The SMILES string of the molecule is CCCCOc1cccc([C@H]2C(C(=O)OCC)=C(CCC)Nc3nc4ccccc4n32)c1. The molecule has 2 heterocycles. The summed E-state index contributed by atoms with van der Waals surface area (Å²) in [5.74, 6) is 1.25. The van der Waals surface area contributed by atoms with Crippen LogP contribution >= 0.6 is 0 Å². The highest BCUT2D eigenvalue weighted by Crippen LogP contribution is 2.41. The van der Waals surface area contributed by atoms with E-state index in [0.717, 1.165) is 59.7 Å². The molecule has 1 aliphatic heterocycles. The summed E-state index contributed by atoms with van der Waals surface area (Å²) in [7, 11) is 0. The molecule has 1 atom stereocenters. The zero-order valence-corrected chi connectivity index (χ0v) is 19.1. The normalized spacial score (nSPS) is 15.4. The fraction of sp³-hybridized carbons (Fsp3) is 0.385. The molecular formula is C26H31N3O3. The number of hydrogen-bond donors (Lipinski definition) is 1. The molecule has 0 bridgehead atoms. The minimum atomic E-state index is -0.353. The van der Waals surface area contributed by atoms with Crippen LogP contribution in [-0.4, -0.2) is 28.7 Å². The third kappa shape index (κ3) is 4.22. The van der Waals surface area contributed by atoms with Crippen molar-refractivity contribution < 1.29 is 14.3 Å². The van der Waals surface area contributed by atoms with E-state index in [1.807, 2.05) is 55.5 Å². The number of anilines is 1. The second-order valence-corrected chi connectivity index (χ2v) is 7.96. The number of imidazole rings is 1. The first-order chi connectivity index (χ1) is 15.7. The van der Waals surface area contributed by atoms with Crippen LogP contribution in [0.4, 0.5) is 5.95 Å². The van der Waals surface area contributed by atoms with Crippen LogP contribution in [0.1, 0.15) is 58.1 Å². The van der Waals surface area contributed by atoms with Gasteiger partial charge in [0.15, 0.2) is 0 Å². The number of fused-ring (bicyclic) bond motifs is 3. The van der Waals surface area contributed by atoms with E-state index < -0.39 is 0 Å². The third-order valence-corrected chi connectivity index (χ3v) is 5.65. The van der Waals surface area contributed by atoms with E-state index in [2.05, 4.69) is 23.7 Å². The smallest absolute Gasteiger partial charge is 0.338 e. The molecule has 3 aromatic rings. The van der Waals surface area contributed by atoms with E-state index >= 15 is 0 Å². The van der Waals surface area contributed by atoms with Crippen LogP contribution in [0.25, 0.3) is 11.0 Å². The van der Waals surface area contributed by atoms with Crippen molar-refractivity contribution in [1.82, 2.24) is 9.55 Å². The minimum absolute atomic E-state index is 0.297. The molecule has 0 spiro atoms. The van der Waals surface area contributed by atoms with Gasteiger partial charge in [-0.2, -0.15) is 0 Å². The number of carbonyl (C=O) groups is 1. The summed E-state index contributed by atoms with van der Waals surface area (Å²) in [6.07, 6.45) is 3.72. The first-order valence-electron chi connectivity index (χ1n) is 11.5. The van der Waals surface area contributed by atoms with Gasteiger partial charge in [-0.1, -0.05) is 51.0 Å². The van der Waals surface area contributed by atoms with E-state index in [9.17, 15) is 4.79 Å². The fourth-order valence-corrected chi connectivity index (χ4v) is 4.21. The molecule has 0 aliphatic carbocycles. The van der Waals surface area contributed by atoms with Gasteiger partial charge in [-0.05, 0) is 49.6 Å². The summed E-state index contributed by atoms with van der Waals surface area (Å²) < 4.78 is 13.6. The first kappa shape index (κ1) is 21.9. The van der Waals surface area contributed by atoms with Gasteiger partial charge in [0, 0.05) is 5.70 Å². The largest absolute Gasteiger partial charge is 0.494 e. The van der Waals surface area contributed by atoms with Gasteiger partial charge in [0.2, 0.25) is 5.95 Å². The zero-order valence-electron chi connectivity index (χ0n) is 19.1. The number of allylic oxidation sites excluding steroid dienone is 1. The Morgan fingerprint density at radius 3 is 2.72 bits per heavy atom. The molecule has 32 heavy (non-hydrogen) atoms. The van der Waals surface area contributed by atoms with Gasteiger partial charge < -0.3 is 14.8 Å². The molecule has 1 aromatic heterocycles. The molecular weight excluding hydrogens is 402 g/mol. The number of esters is 1. The Bertz CT molecular complexity index is 1130. The Morgan fingerprint density at radius 1 is 1.09 bits per heavy atom. The average molecular weight is 434 g/mol. The maximum Gasteiger partial charge on any atom is 0.338 e. The average Bonchev–Trinajstić information content (AvgIpc) is 3.17. The number of rotatable bonds is 9. The molecule has 0 saturated carbocycles. The predicted molar refractivity (Wildman–Crippen MR) is 127 cm³/mol. The molecule has 6 nitrogen and oxygen atoms in total. The number of aromatic nitrogens is 2. The number of nitrogens with one attached hydrogen (secondary N) is 1. The van der Waals surface area contributed by atoms with Crippen molar-refractivity contribution in [2.75, 3.05) is 18.5 Å². The van der Waals surface area contributed by atoms with Crippen LogP contribution in [0.2, 0.25) is 0 Å². The lowest BCUT2D eigenvalue weighted by atomic mass is 9.93.